The molecular formula is C25H31Br2ClN2O2. The highest BCUT2D eigenvalue weighted by molar-refractivity contribution is 9.10. The van der Waals surface area contributed by atoms with Gasteiger partial charge in [0, 0.05) is 26.9 Å². The van der Waals surface area contributed by atoms with Gasteiger partial charge in [-0.3, -0.25) is 4.79 Å². The molecule has 1 saturated heterocycles. The van der Waals surface area contributed by atoms with Gasteiger partial charge in [0.2, 0.25) is 0 Å². The highest BCUT2D eigenvalue weighted by atomic mass is 79.9. The summed E-state index contributed by atoms with van der Waals surface area (Å²) in [7, 11) is 0. The van der Waals surface area contributed by atoms with Crippen molar-refractivity contribution in [3.05, 3.63) is 56.5 Å². The number of rotatable bonds is 6. The maximum Gasteiger partial charge on any atom is 0.309 e. The highest BCUT2D eigenvalue weighted by Gasteiger charge is 2.26. The number of ether oxygens (including phenoxy) is 1. The number of esters is 1. The van der Waals surface area contributed by atoms with Gasteiger partial charge in [-0.05, 0) is 106 Å². The molecule has 7 heteroatoms. The molecule has 1 fully saturated rings. The molecule has 174 valence electrons. The first kappa shape index (κ1) is 25.5. The number of aryl methyl sites for hydroxylation is 2. The first-order valence-corrected chi connectivity index (χ1v) is 12.9. The monoisotopic (exact) mass is 584 g/mol. The molecule has 0 bridgehead atoms. The zero-order valence-corrected chi connectivity index (χ0v) is 22.5. The lowest BCUT2D eigenvalue weighted by Gasteiger charge is -2.32. The van der Waals surface area contributed by atoms with Gasteiger partial charge >= 0.3 is 5.97 Å². The van der Waals surface area contributed by atoms with Crippen molar-refractivity contribution in [2.24, 2.45) is 5.92 Å². The van der Waals surface area contributed by atoms with E-state index in [1.54, 1.807) is 0 Å². The average Bonchev–Trinajstić information content (AvgIpc) is 2.91. The number of halogens is 3. The molecule has 2 heterocycles. The number of fused-ring (bicyclic) bond motifs is 2. The Morgan fingerprint density at radius 3 is 2.06 bits per heavy atom. The minimum atomic E-state index is -0.0164. The largest absolute Gasteiger partial charge is 0.466 e. The fourth-order valence-corrected chi connectivity index (χ4v) is 5.60. The fraction of sp³-hybridized carbons (Fsp3) is 0.480. The molecule has 0 saturated carbocycles. The van der Waals surface area contributed by atoms with Crippen LogP contribution in [0.4, 0.5) is 11.4 Å². The smallest absolute Gasteiger partial charge is 0.309 e. The Hall–Kier alpha value is -1.08. The maximum absolute atomic E-state index is 12.0. The zero-order chi connectivity index (χ0) is 21.8. The Morgan fingerprint density at radius 1 is 0.969 bits per heavy atom. The maximum atomic E-state index is 12.0. The molecule has 0 radical (unpaired) electrons. The molecule has 2 aromatic carbocycles. The molecule has 0 atom stereocenters. The number of carbonyl (C=O) groups is 1. The number of nitrogens with zero attached hydrogens (tertiary/aromatic N) is 2. The van der Waals surface area contributed by atoms with Crippen molar-refractivity contribution in [2.75, 3.05) is 37.7 Å². The molecule has 2 aliphatic rings. The molecule has 0 unspecified atom stereocenters. The minimum Gasteiger partial charge on any atom is -0.466 e. The summed E-state index contributed by atoms with van der Waals surface area (Å²) in [5, 5.41) is 0. The molecule has 2 aromatic rings. The van der Waals surface area contributed by atoms with E-state index in [2.05, 4.69) is 78.1 Å². The van der Waals surface area contributed by atoms with Crippen LogP contribution in [-0.4, -0.2) is 43.7 Å². The van der Waals surface area contributed by atoms with Crippen molar-refractivity contribution < 1.29 is 9.53 Å². The fourth-order valence-electron chi connectivity index (χ4n) is 4.78. The van der Waals surface area contributed by atoms with E-state index < -0.39 is 0 Å². The van der Waals surface area contributed by atoms with E-state index in [4.69, 9.17) is 4.74 Å². The van der Waals surface area contributed by atoms with Crippen LogP contribution in [0.5, 0.6) is 0 Å². The summed E-state index contributed by atoms with van der Waals surface area (Å²) in [4.78, 5) is 17.0. The van der Waals surface area contributed by atoms with Crippen LogP contribution in [0.2, 0.25) is 0 Å². The summed E-state index contributed by atoms with van der Waals surface area (Å²) in [5.74, 6) is 0.0645. The number of likely N-dealkylation sites (tertiary alicyclic amines) is 1. The van der Waals surface area contributed by atoms with Crippen molar-refractivity contribution in [1.29, 1.82) is 0 Å². The Kier molecular flexibility index (Phi) is 9.47. The van der Waals surface area contributed by atoms with Crippen LogP contribution in [0.1, 0.15) is 37.3 Å². The molecular weight excluding hydrogens is 556 g/mol. The average molecular weight is 587 g/mol. The predicted molar refractivity (Wildman–Crippen MR) is 140 cm³/mol. The first-order chi connectivity index (χ1) is 15.0. The third-order valence-electron chi connectivity index (χ3n) is 6.39. The van der Waals surface area contributed by atoms with Crippen LogP contribution >= 0.6 is 44.3 Å². The van der Waals surface area contributed by atoms with Gasteiger partial charge in [0.1, 0.15) is 0 Å². The van der Waals surface area contributed by atoms with Crippen LogP contribution in [0.15, 0.2) is 45.3 Å². The standard InChI is InChI=1S/C25H30Br2N2O2.ClH/c1-2-31-25(30)18-10-14-28(15-11-18)12-3-13-29-23-8-6-21(26)16-19(23)4-5-20-17-22(27)7-9-24(20)29;/h6-9,16-18H,2-5,10-15H2,1H3;1H. The number of anilines is 2. The van der Waals surface area contributed by atoms with Crippen LogP contribution < -0.4 is 4.90 Å². The topological polar surface area (TPSA) is 32.8 Å². The molecule has 2 aliphatic heterocycles. The first-order valence-electron chi connectivity index (χ1n) is 11.3. The van der Waals surface area contributed by atoms with Gasteiger partial charge in [-0.15, -0.1) is 12.4 Å². The second kappa shape index (κ2) is 11.9. The van der Waals surface area contributed by atoms with E-state index in [1.807, 2.05) is 6.92 Å². The lowest BCUT2D eigenvalue weighted by molar-refractivity contribution is -0.149. The Balaban J connectivity index is 0.00000289. The number of carbonyl (C=O) groups excluding carboxylic acids is 1. The molecule has 0 N–H and O–H groups in total. The quantitative estimate of drug-likeness (QED) is 0.360. The Morgan fingerprint density at radius 2 is 1.53 bits per heavy atom. The third kappa shape index (κ3) is 6.07. The second-order valence-electron chi connectivity index (χ2n) is 8.42. The summed E-state index contributed by atoms with van der Waals surface area (Å²) in [6.45, 7) is 6.37. The van der Waals surface area contributed by atoms with E-state index in [0.29, 0.717) is 6.61 Å². The van der Waals surface area contributed by atoms with Gasteiger partial charge in [-0.1, -0.05) is 31.9 Å². The van der Waals surface area contributed by atoms with Gasteiger partial charge in [-0.2, -0.15) is 0 Å². The molecule has 0 aliphatic carbocycles. The van der Waals surface area contributed by atoms with E-state index in [-0.39, 0.29) is 24.3 Å². The lowest BCUT2D eigenvalue weighted by Crippen LogP contribution is -2.38. The summed E-state index contributed by atoms with van der Waals surface area (Å²) < 4.78 is 7.48. The van der Waals surface area contributed by atoms with Crippen molar-refractivity contribution in [3.8, 4) is 0 Å². The minimum absolute atomic E-state index is 0. The van der Waals surface area contributed by atoms with Crippen molar-refractivity contribution >= 4 is 61.6 Å². The number of hydrogen-bond donors (Lipinski definition) is 0. The zero-order valence-electron chi connectivity index (χ0n) is 18.5. The lowest BCUT2D eigenvalue weighted by atomic mass is 9.97. The van der Waals surface area contributed by atoms with E-state index in [0.717, 1.165) is 67.2 Å². The van der Waals surface area contributed by atoms with Crippen LogP contribution in [0.3, 0.4) is 0 Å². The van der Waals surface area contributed by atoms with Gasteiger partial charge in [0.25, 0.3) is 0 Å². The number of benzene rings is 2. The molecule has 0 aromatic heterocycles. The van der Waals surface area contributed by atoms with Crippen LogP contribution in [0.25, 0.3) is 0 Å². The molecule has 4 nitrogen and oxygen atoms in total. The van der Waals surface area contributed by atoms with Crippen LogP contribution in [0, 0.1) is 5.92 Å². The van der Waals surface area contributed by atoms with Crippen molar-refractivity contribution in [2.45, 2.75) is 39.0 Å². The Bertz CT molecular complexity index is 879. The van der Waals surface area contributed by atoms with E-state index in [1.165, 1.54) is 22.5 Å². The normalized spacial score (nSPS) is 16.5. The number of piperidine rings is 1. The third-order valence-corrected chi connectivity index (χ3v) is 7.38. The van der Waals surface area contributed by atoms with E-state index >= 15 is 0 Å². The van der Waals surface area contributed by atoms with Gasteiger partial charge < -0.3 is 14.5 Å². The van der Waals surface area contributed by atoms with Crippen molar-refractivity contribution in [3.63, 3.8) is 0 Å². The summed E-state index contributed by atoms with van der Waals surface area (Å²) in [5.41, 5.74) is 5.45. The number of hydrogen-bond acceptors (Lipinski definition) is 4. The predicted octanol–water partition coefficient (Wildman–Crippen LogP) is 6.54. The highest BCUT2D eigenvalue weighted by Crippen LogP contribution is 2.38. The van der Waals surface area contributed by atoms with Gasteiger partial charge in [-0.25, -0.2) is 0 Å². The summed E-state index contributed by atoms with van der Waals surface area (Å²) >= 11 is 7.29. The summed E-state index contributed by atoms with van der Waals surface area (Å²) in [6.07, 6.45) is 5.02. The molecule has 0 spiro atoms. The van der Waals surface area contributed by atoms with E-state index in [9.17, 15) is 4.79 Å². The van der Waals surface area contributed by atoms with Crippen molar-refractivity contribution in [1.82, 2.24) is 4.90 Å². The van der Waals surface area contributed by atoms with Gasteiger partial charge in [0.15, 0.2) is 0 Å². The van der Waals surface area contributed by atoms with Gasteiger partial charge in [0.05, 0.1) is 12.5 Å². The Labute approximate surface area is 214 Å². The van der Waals surface area contributed by atoms with Crippen LogP contribution in [-0.2, 0) is 22.4 Å². The SMILES string of the molecule is CCOC(=O)C1CCN(CCCN2c3ccc(Br)cc3CCc3cc(Br)ccc32)CC1.Cl. The second-order valence-corrected chi connectivity index (χ2v) is 10.3. The molecule has 4 rings (SSSR count). The molecule has 32 heavy (non-hydrogen) atoms. The molecule has 0 amide bonds. The summed E-state index contributed by atoms with van der Waals surface area (Å²) in [6, 6.07) is 13.3.